The van der Waals surface area contributed by atoms with Crippen molar-refractivity contribution in [1.29, 1.82) is 0 Å². The molecule has 1 aromatic carbocycles. The summed E-state index contributed by atoms with van der Waals surface area (Å²) in [5.41, 5.74) is 1.80. The molecule has 2 amide bonds. The lowest BCUT2D eigenvalue weighted by Crippen LogP contribution is -2.40. The topological polar surface area (TPSA) is 70.7 Å². The van der Waals surface area contributed by atoms with E-state index >= 15 is 0 Å². The van der Waals surface area contributed by atoms with E-state index in [9.17, 15) is 9.59 Å². The standard InChI is InChI=1S/C17H23N3O3/c1-11-3-4-15(23-2)14(7-11)20-10-12(8-16(20)21)17(22)19-13-5-6-18-9-13/h3-4,7,12-13,18H,5-6,8-10H2,1-2H3,(H,19,22). The number of methoxy groups -OCH3 is 1. The number of rotatable bonds is 4. The van der Waals surface area contributed by atoms with Crippen LogP contribution in [-0.4, -0.2) is 44.6 Å². The van der Waals surface area contributed by atoms with Crippen LogP contribution in [0.25, 0.3) is 0 Å². The zero-order chi connectivity index (χ0) is 16.4. The lowest BCUT2D eigenvalue weighted by Gasteiger charge is -2.20. The second-order valence-electron chi connectivity index (χ2n) is 6.28. The van der Waals surface area contributed by atoms with Crippen LogP contribution in [0, 0.1) is 12.8 Å². The molecule has 0 saturated carbocycles. The average molecular weight is 317 g/mol. The first-order valence-corrected chi connectivity index (χ1v) is 8.04. The average Bonchev–Trinajstić information content (AvgIpc) is 3.16. The maximum Gasteiger partial charge on any atom is 0.227 e. The number of carbonyl (C=O) groups excluding carboxylic acids is 2. The zero-order valence-corrected chi connectivity index (χ0v) is 13.6. The number of hydrogen-bond acceptors (Lipinski definition) is 4. The van der Waals surface area contributed by atoms with Crippen LogP contribution in [0.3, 0.4) is 0 Å². The smallest absolute Gasteiger partial charge is 0.227 e. The Hall–Kier alpha value is -2.08. The first-order valence-electron chi connectivity index (χ1n) is 8.04. The van der Waals surface area contributed by atoms with Crippen LogP contribution in [0.5, 0.6) is 5.75 Å². The van der Waals surface area contributed by atoms with Gasteiger partial charge in [0.1, 0.15) is 5.75 Å². The highest BCUT2D eigenvalue weighted by Gasteiger charge is 2.37. The fourth-order valence-electron chi connectivity index (χ4n) is 3.22. The van der Waals surface area contributed by atoms with Crippen LogP contribution in [0.1, 0.15) is 18.4 Å². The molecule has 0 bridgehead atoms. The van der Waals surface area contributed by atoms with Gasteiger partial charge in [0, 0.05) is 25.6 Å². The predicted molar refractivity (Wildman–Crippen MR) is 87.6 cm³/mol. The van der Waals surface area contributed by atoms with Gasteiger partial charge in [0.25, 0.3) is 0 Å². The van der Waals surface area contributed by atoms with Crippen molar-refractivity contribution in [2.75, 3.05) is 31.6 Å². The van der Waals surface area contributed by atoms with Crippen molar-refractivity contribution in [3.8, 4) is 5.75 Å². The van der Waals surface area contributed by atoms with E-state index in [0.717, 1.165) is 30.8 Å². The number of benzene rings is 1. The van der Waals surface area contributed by atoms with Crippen molar-refractivity contribution in [2.24, 2.45) is 5.92 Å². The van der Waals surface area contributed by atoms with Crippen molar-refractivity contribution in [2.45, 2.75) is 25.8 Å². The van der Waals surface area contributed by atoms with E-state index < -0.39 is 0 Å². The number of hydrogen-bond donors (Lipinski definition) is 2. The normalized spacial score (nSPS) is 24.1. The monoisotopic (exact) mass is 317 g/mol. The molecule has 2 atom stereocenters. The number of ether oxygens (including phenoxy) is 1. The molecular weight excluding hydrogens is 294 g/mol. The second kappa shape index (κ2) is 6.58. The van der Waals surface area contributed by atoms with Gasteiger partial charge in [-0.2, -0.15) is 0 Å². The largest absolute Gasteiger partial charge is 0.495 e. The summed E-state index contributed by atoms with van der Waals surface area (Å²) in [4.78, 5) is 26.5. The maximum absolute atomic E-state index is 12.4. The molecule has 6 heteroatoms. The molecule has 2 aliphatic rings. The van der Waals surface area contributed by atoms with Crippen LogP contribution >= 0.6 is 0 Å². The lowest BCUT2D eigenvalue weighted by molar-refractivity contribution is -0.126. The Morgan fingerprint density at radius 3 is 2.96 bits per heavy atom. The molecule has 23 heavy (non-hydrogen) atoms. The molecular formula is C17H23N3O3. The summed E-state index contributed by atoms with van der Waals surface area (Å²) >= 11 is 0. The summed E-state index contributed by atoms with van der Waals surface area (Å²) in [6.07, 6.45) is 1.20. The van der Waals surface area contributed by atoms with Crippen LogP contribution in [0.15, 0.2) is 18.2 Å². The number of aryl methyl sites for hydroxylation is 1. The third kappa shape index (κ3) is 3.32. The number of nitrogens with zero attached hydrogens (tertiary/aromatic N) is 1. The maximum atomic E-state index is 12.4. The Morgan fingerprint density at radius 1 is 1.43 bits per heavy atom. The van der Waals surface area contributed by atoms with Gasteiger partial charge < -0.3 is 20.3 Å². The highest BCUT2D eigenvalue weighted by Crippen LogP contribution is 2.33. The van der Waals surface area contributed by atoms with Crippen LogP contribution in [-0.2, 0) is 9.59 Å². The van der Waals surface area contributed by atoms with Gasteiger partial charge >= 0.3 is 0 Å². The van der Waals surface area contributed by atoms with Gasteiger partial charge in [0.05, 0.1) is 18.7 Å². The van der Waals surface area contributed by atoms with Crippen LogP contribution < -0.4 is 20.3 Å². The van der Waals surface area contributed by atoms with E-state index in [0.29, 0.717) is 12.3 Å². The zero-order valence-electron chi connectivity index (χ0n) is 13.6. The fourth-order valence-corrected chi connectivity index (χ4v) is 3.22. The van der Waals surface area contributed by atoms with Crippen molar-refractivity contribution < 1.29 is 14.3 Å². The van der Waals surface area contributed by atoms with Gasteiger partial charge in [0.15, 0.2) is 0 Å². The van der Waals surface area contributed by atoms with Gasteiger partial charge in [-0.3, -0.25) is 9.59 Å². The summed E-state index contributed by atoms with van der Waals surface area (Å²) in [7, 11) is 1.59. The Bertz CT molecular complexity index is 611. The van der Waals surface area contributed by atoms with E-state index in [2.05, 4.69) is 10.6 Å². The molecule has 1 aromatic rings. The van der Waals surface area contributed by atoms with E-state index in [1.807, 2.05) is 25.1 Å². The SMILES string of the molecule is COc1ccc(C)cc1N1CC(C(=O)NC2CCNC2)CC1=O. The van der Waals surface area contributed by atoms with E-state index in [4.69, 9.17) is 4.74 Å². The molecule has 0 aromatic heterocycles. The van der Waals surface area contributed by atoms with Crippen LogP contribution in [0.2, 0.25) is 0 Å². The fraction of sp³-hybridized carbons (Fsp3) is 0.529. The highest BCUT2D eigenvalue weighted by molar-refractivity contribution is 6.01. The van der Waals surface area contributed by atoms with Gasteiger partial charge in [-0.1, -0.05) is 6.07 Å². The molecule has 6 nitrogen and oxygen atoms in total. The minimum Gasteiger partial charge on any atom is -0.495 e. The minimum atomic E-state index is -0.298. The Kier molecular flexibility index (Phi) is 4.52. The van der Waals surface area contributed by atoms with Crippen LogP contribution in [0.4, 0.5) is 5.69 Å². The number of anilines is 1. The molecule has 2 unspecified atom stereocenters. The van der Waals surface area contributed by atoms with E-state index in [1.54, 1.807) is 12.0 Å². The Labute approximate surface area is 136 Å². The van der Waals surface area contributed by atoms with E-state index in [-0.39, 0.29) is 30.2 Å². The van der Waals surface area contributed by atoms with Crippen molar-refractivity contribution in [3.05, 3.63) is 23.8 Å². The Balaban J connectivity index is 1.72. The Morgan fingerprint density at radius 2 is 2.26 bits per heavy atom. The predicted octanol–water partition coefficient (Wildman–Crippen LogP) is 0.835. The van der Waals surface area contributed by atoms with Gasteiger partial charge in [-0.25, -0.2) is 0 Å². The van der Waals surface area contributed by atoms with Crippen molar-refractivity contribution >= 4 is 17.5 Å². The first kappa shape index (κ1) is 15.8. The molecule has 2 heterocycles. The minimum absolute atomic E-state index is 0.0267. The molecule has 2 aliphatic heterocycles. The molecule has 2 N–H and O–H groups in total. The quantitative estimate of drug-likeness (QED) is 0.863. The van der Waals surface area contributed by atoms with E-state index in [1.165, 1.54) is 0 Å². The number of nitrogens with one attached hydrogen (secondary N) is 2. The molecule has 3 rings (SSSR count). The van der Waals surface area contributed by atoms with Crippen molar-refractivity contribution in [1.82, 2.24) is 10.6 Å². The molecule has 2 fully saturated rings. The summed E-state index contributed by atoms with van der Waals surface area (Å²) in [6.45, 7) is 4.12. The highest BCUT2D eigenvalue weighted by atomic mass is 16.5. The summed E-state index contributed by atoms with van der Waals surface area (Å²) < 4.78 is 5.36. The number of amides is 2. The third-order valence-corrected chi connectivity index (χ3v) is 4.53. The van der Waals surface area contributed by atoms with Gasteiger partial charge in [-0.15, -0.1) is 0 Å². The first-order chi connectivity index (χ1) is 11.1. The molecule has 2 saturated heterocycles. The van der Waals surface area contributed by atoms with Gasteiger partial charge in [0.2, 0.25) is 11.8 Å². The number of carbonyl (C=O) groups is 2. The third-order valence-electron chi connectivity index (χ3n) is 4.53. The lowest BCUT2D eigenvalue weighted by atomic mass is 10.1. The molecule has 0 aliphatic carbocycles. The van der Waals surface area contributed by atoms with Gasteiger partial charge in [-0.05, 0) is 37.6 Å². The van der Waals surface area contributed by atoms with Crippen molar-refractivity contribution in [3.63, 3.8) is 0 Å². The summed E-state index contributed by atoms with van der Waals surface area (Å²) in [6, 6.07) is 5.91. The summed E-state index contributed by atoms with van der Waals surface area (Å²) in [5.74, 6) is 0.304. The molecule has 0 spiro atoms. The second-order valence-corrected chi connectivity index (χ2v) is 6.28. The molecule has 0 radical (unpaired) electrons. The molecule has 124 valence electrons. The summed E-state index contributed by atoms with van der Waals surface area (Å²) in [5, 5.41) is 6.27.